The largest absolute Gasteiger partial charge is 0.319 e. The Morgan fingerprint density at radius 3 is 2.95 bits per heavy atom. The van der Waals surface area contributed by atoms with Crippen LogP contribution < -0.4 is 4.90 Å². The van der Waals surface area contributed by atoms with Crippen LogP contribution in [0, 0.1) is 0 Å². The molecule has 6 nitrogen and oxygen atoms in total. The van der Waals surface area contributed by atoms with Gasteiger partial charge in [-0.1, -0.05) is 23.1 Å². The van der Waals surface area contributed by atoms with Gasteiger partial charge in [0.1, 0.15) is 5.82 Å². The fourth-order valence-corrected chi connectivity index (χ4v) is 3.90. The maximum absolute atomic E-state index is 12.7. The summed E-state index contributed by atoms with van der Waals surface area (Å²) < 4.78 is 26.9. The highest BCUT2D eigenvalue weighted by Gasteiger charge is 2.34. The average Bonchev–Trinajstić information content (AvgIpc) is 3.00. The number of anilines is 1. The quantitative estimate of drug-likeness (QED) is 0.595. The van der Waals surface area contributed by atoms with E-state index in [9.17, 15) is 13.6 Å². The molecule has 1 aliphatic carbocycles. The average molecular weight is 345 g/mol. The van der Waals surface area contributed by atoms with Crippen LogP contribution in [-0.4, -0.2) is 31.7 Å². The Balaban J connectivity index is 1.66. The van der Waals surface area contributed by atoms with E-state index < -0.39 is 6.55 Å². The molecule has 3 rings (SSSR count). The van der Waals surface area contributed by atoms with Crippen LogP contribution in [0.15, 0.2) is 16.7 Å². The third-order valence-electron chi connectivity index (χ3n) is 3.14. The van der Waals surface area contributed by atoms with E-state index in [-0.39, 0.29) is 23.5 Å². The first-order chi connectivity index (χ1) is 10.6. The van der Waals surface area contributed by atoms with Crippen molar-refractivity contribution in [1.82, 2.24) is 19.7 Å². The van der Waals surface area contributed by atoms with Gasteiger partial charge in [-0.2, -0.15) is 8.78 Å². The van der Waals surface area contributed by atoms with Crippen molar-refractivity contribution in [3.05, 3.63) is 18.2 Å². The van der Waals surface area contributed by atoms with Gasteiger partial charge in [-0.15, -0.1) is 10.2 Å². The summed E-state index contributed by atoms with van der Waals surface area (Å²) in [7, 11) is 0. The van der Waals surface area contributed by atoms with E-state index in [1.807, 2.05) is 0 Å². The summed E-state index contributed by atoms with van der Waals surface area (Å²) in [5.41, 5.74) is 0. The van der Waals surface area contributed by atoms with Crippen LogP contribution in [-0.2, 0) is 10.5 Å². The van der Waals surface area contributed by atoms with Crippen molar-refractivity contribution in [2.75, 3.05) is 4.90 Å². The lowest BCUT2D eigenvalue weighted by molar-refractivity contribution is -0.116. The Labute approximate surface area is 133 Å². The Bertz CT molecular complexity index is 670. The van der Waals surface area contributed by atoms with Crippen LogP contribution in [0.1, 0.15) is 32.1 Å². The number of hydrogen-bond acceptors (Lipinski definition) is 6. The predicted molar refractivity (Wildman–Crippen MR) is 79.1 cm³/mol. The van der Waals surface area contributed by atoms with Crippen molar-refractivity contribution in [2.45, 2.75) is 42.4 Å². The molecule has 2 heterocycles. The van der Waals surface area contributed by atoms with Gasteiger partial charge in [-0.25, -0.2) is 4.98 Å². The second-order valence-corrected chi connectivity index (χ2v) is 6.97. The van der Waals surface area contributed by atoms with Gasteiger partial charge in [-0.3, -0.25) is 14.3 Å². The van der Waals surface area contributed by atoms with E-state index >= 15 is 0 Å². The maximum atomic E-state index is 12.7. The minimum atomic E-state index is -2.61. The first-order valence-corrected chi connectivity index (χ1v) is 8.42. The van der Waals surface area contributed by atoms with E-state index in [4.69, 9.17) is 0 Å². The fourth-order valence-electron chi connectivity index (χ4n) is 2.00. The lowest BCUT2D eigenvalue weighted by Gasteiger charge is -2.15. The molecule has 0 unspecified atom stereocenters. The molecule has 2 aromatic heterocycles. The number of nitrogens with zero attached hydrogens (tertiary/aromatic N) is 5. The molecule has 0 aliphatic heterocycles. The molecule has 10 heteroatoms. The van der Waals surface area contributed by atoms with Crippen LogP contribution in [0.25, 0.3) is 0 Å². The maximum Gasteiger partial charge on any atom is 0.319 e. The van der Waals surface area contributed by atoms with Crippen molar-refractivity contribution in [3.8, 4) is 0 Å². The first kappa shape index (κ1) is 15.3. The molecular weight excluding hydrogens is 332 g/mol. The molecule has 1 saturated carbocycles. The van der Waals surface area contributed by atoms with Gasteiger partial charge in [0.2, 0.25) is 11.0 Å². The first-order valence-electron chi connectivity index (χ1n) is 6.62. The van der Waals surface area contributed by atoms with Gasteiger partial charge in [0.25, 0.3) is 0 Å². The van der Waals surface area contributed by atoms with Crippen molar-refractivity contribution < 1.29 is 13.6 Å². The fraction of sp³-hybridized carbons (Fsp3) is 0.500. The van der Waals surface area contributed by atoms with Crippen LogP contribution in [0.3, 0.4) is 0 Å². The molecule has 0 radical (unpaired) electrons. The third kappa shape index (κ3) is 3.27. The molecule has 1 amide bonds. The normalized spacial score (nSPS) is 14.5. The van der Waals surface area contributed by atoms with E-state index in [1.165, 1.54) is 42.4 Å². The number of amides is 1. The standard InChI is InChI=1S/C12H13F2N5OS2/c1-7(20)19(8-2-3-8)11-16-17-12(22-11)21-6-9-15-4-5-18(9)10(13)14/h4-5,8,10H,2-3,6H2,1H3. The SMILES string of the molecule is CC(=O)N(c1nnc(SCc2nccn2C(F)F)s1)C1CC1. The number of carbonyl (C=O) groups is 1. The smallest absolute Gasteiger partial charge is 0.284 e. The molecule has 0 N–H and O–H groups in total. The molecule has 0 spiro atoms. The van der Waals surface area contributed by atoms with Crippen molar-refractivity contribution in [2.24, 2.45) is 0 Å². The molecule has 22 heavy (non-hydrogen) atoms. The molecule has 0 atom stereocenters. The van der Waals surface area contributed by atoms with E-state index in [2.05, 4.69) is 15.2 Å². The van der Waals surface area contributed by atoms with Crippen LogP contribution >= 0.6 is 23.1 Å². The minimum absolute atomic E-state index is 0.0524. The molecular formula is C12H13F2N5OS2. The van der Waals surface area contributed by atoms with Crippen LogP contribution in [0.5, 0.6) is 0 Å². The van der Waals surface area contributed by atoms with E-state index in [1.54, 1.807) is 4.90 Å². The lowest BCUT2D eigenvalue weighted by Crippen LogP contribution is -2.30. The van der Waals surface area contributed by atoms with Gasteiger partial charge in [0, 0.05) is 25.4 Å². The second kappa shape index (κ2) is 6.29. The molecule has 1 fully saturated rings. The van der Waals surface area contributed by atoms with Crippen molar-refractivity contribution >= 4 is 34.1 Å². The molecule has 1 aliphatic rings. The number of hydrogen-bond donors (Lipinski definition) is 0. The summed E-state index contributed by atoms with van der Waals surface area (Å²) in [6, 6.07) is 0.223. The van der Waals surface area contributed by atoms with Gasteiger partial charge in [0.15, 0.2) is 4.34 Å². The Morgan fingerprint density at radius 1 is 1.55 bits per heavy atom. The highest BCUT2D eigenvalue weighted by atomic mass is 32.2. The molecule has 0 saturated heterocycles. The Hall–Kier alpha value is -1.55. The zero-order valence-electron chi connectivity index (χ0n) is 11.6. The van der Waals surface area contributed by atoms with Gasteiger partial charge < -0.3 is 0 Å². The zero-order valence-corrected chi connectivity index (χ0v) is 13.3. The van der Waals surface area contributed by atoms with Gasteiger partial charge in [-0.05, 0) is 12.8 Å². The number of carbonyl (C=O) groups excluding carboxylic acids is 1. The Kier molecular flexibility index (Phi) is 4.39. The van der Waals surface area contributed by atoms with Crippen molar-refractivity contribution in [3.63, 3.8) is 0 Å². The lowest BCUT2D eigenvalue weighted by atomic mass is 10.5. The monoisotopic (exact) mass is 345 g/mol. The zero-order chi connectivity index (χ0) is 15.7. The number of alkyl halides is 2. The number of thioether (sulfide) groups is 1. The summed E-state index contributed by atoms with van der Waals surface area (Å²) in [5.74, 6) is 0.501. The van der Waals surface area contributed by atoms with Crippen molar-refractivity contribution in [1.29, 1.82) is 0 Å². The van der Waals surface area contributed by atoms with E-state index in [0.717, 1.165) is 17.4 Å². The number of halogens is 2. The second-order valence-electron chi connectivity index (χ2n) is 4.79. The van der Waals surface area contributed by atoms with Gasteiger partial charge >= 0.3 is 6.55 Å². The highest BCUT2D eigenvalue weighted by Crippen LogP contribution is 2.36. The summed E-state index contributed by atoms with van der Waals surface area (Å²) in [6.07, 6.45) is 4.55. The third-order valence-corrected chi connectivity index (χ3v) is 5.19. The summed E-state index contributed by atoms with van der Waals surface area (Å²) in [6.45, 7) is -1.10. The Morgan fingerprint density at radius 2 is 2.32 bits per heavy atom. The van der Waals surface area contributed by atoms with E-state index in [0.29, 0.717) is 9.47 Å². The molecule has 2 aromatic rings. The minimum Gasteiger partial charge on any atom is -0.284 e. The van der Waals surface area contributed by atoms with Crippen LogP contribution in [0.2, 0.25) is 0 Å². The molecule has 0 aromatic carbocycles. The van der Waals surface area contributed by atoms with Gasteiger partial charge in [0.05, 0.1) is 5.75 Å². The molecule has 118 valence electrons. The number of rotatable bonds is 6. The predicted octanol–water partition coefficient (Wildman–Crippen LogP) is 2.94. The topological polar surface area (TPSA) is 63.9 Å². The number of aromatic nitrogens is 4. The number of imidazole rings is 1. The highest BCUT2D eigenvalue weighted by molar-refractivity contribution is 8.00. The summed E-state index contributed by atoms with van der Waals surface area (Å²) in [5, 5.41) is 8.62. The summed E-state index contributed by atoms with van der Waals surface area (Å²) >= 11 is 2.58. The molecule has 0 bridgehead atoms. The summed E-state index contributed by atoms with van der Waals surface area (Å²) in [4.78, 5) is 17.2. The van der Waals surface area contributed by atoms with Crippen LogP contribution in [0.4, 0.5) is 13.9 Å².